The van der Waals surface area contributed by atoms with Crippen LogP contribution in [0.25, 0.3) is 0 Å². The molecule has 1 amide bonds. The van der Waals surface area contributed by atoms with Crippen molar-refractivity contribution >= 4 is 5.91 Å². The molecule has 0 radical (unpaired) electrons. The molecule has 1 saturated heterocycles. The van der Waals surface area contributed by atoms with Crippen LogP contribution in [0, 0.1) is 11.8 Å². The van der Waals surface area contributed by atoms with E-state index in [9.17, 15) is 4.79 Å². The van der Waals surface area contributed by atoms with Crippen molar-refractivity contribution in [3.8, 4) is 0 Å². The van der Waals surface area contributed by atoms with Gasteiger partial charge in [-0.15, -0.1) is 0 Å². The molecule has 0 spiro atoms. The van der Waals surface area contributed by atoms with E-state index in [1.807, 2.05) is 0 Å². The first-order valence-electron chi connectivity index (χ1n) is 7.77. The van der Waals surface area contributed by atoms with E-state index in [-0.39, 0.29) is 5.92 Å². The molecule has 0 bridgehead atoms. The lowest BCUT2D eigenvalue weighted by Gasteiger charge is -2.34. The molecule has 19 heavy (non-hydrogen) atoms. The highest BCUT2D eigenvalue weighted by molar-refractivity contribution is 5.79. The summed E-state index contributed by atoms with van der Waals surface area (Å²) in [6.45, 7) is 2.70. The lowest BCUT2D eigenvalue weighted by atomic mass is 9.80. The molecule has 1 aliphatic heterocycles. The molecule has 4 nitrogen and oxygen atoms in total. The SMILES string of the molecule is CN(C)CC1CCCN1C(=O)C1CCCC(CN)C1. The Kier molecular flexibility index (Phi) is 5.22. The predicted molar refractivity (Wildman–Crippen MR) is 77.8 cm³/mol. The highest BCUT2D eigenvalue weighted by atomic mass is 16.2. The Morgan fingerprint density at radius 2 is 2.05 bits per heavy atom. The minimum atomic E-state index is 0.241. The molecular formula is C15H29N3O. The summed E-state index contributed by atoms with van der Waals surface area (Å²) < 4.78 is 0. The lowest BCUT2D eigenvalue weighted by Crippen LogP contribution is -2.45. The molecule has 1 saturated carbocycles. The van der Waals surface area contributed by atoms with E-state index in [1.165, 1.54) is 12.8 Å². The van der Waals surface area contributed by atoms with Gasteiger partial charge in [0, 0.05) is 25.0 Å². The smallest absolute Gasteiger partial charge is 0.225 e. The lowest BCUT2D eigenvalue weighted by molar-refractivity contribution is -0.138. The van der Waals surface area contributed by atoms with Gasteiger partial charge in [-0.1, -0.05) is 6.42 Å². The first kappa shape index (κ1) is 14.8. The van der Waals surface area contributed by atoms with E-state index in [0.29, 0.717) is 17.9 Å². The topological polar surface area (TPSA) is 49.6 Å². The number of nitrogens with two attached hydrogens (primary N) is 1. The van der Waals surface area contributed by atoms with Crippen LogP contribution in [-0.4, -0.2) is 55.5 Å². The number of nitrogens with zero attached hydrogens (tertiary/aromatic N) is 2. The second-order valence-corrected chi connectivity index (χ2v) is 6.56. The maximum Gasteiger partial charge on any atom is 0.225 e. The van der Waals surface area contributed by atoms with Gasteiger partial charge in [-0.25, -0.2) is 0 Å². The third kappa shape index (κ3) is 3.69. The van der Waals surface area contributed by atoms with Crippen LogP contribution in [0.5, 0.6) is 0 Å². The average molecular weight is 267 g/mol. The zero-order chi connectivity index (χ0) is 13.8. The molecule has 4 heteroatoms. The fraction of sp³-hybridized carbons (Fsp3) is 0.933. The Balaban J connectivity index is 1.94. The van der Waals surface area contributed by atoms with E-state index in [4.69, 9.17) is 5.73 Å². The second-order valence-electron chi connectivity index (χ2n) is 6.56. The van der Waals surface area contributed by atoms with Crippen LogP contribution in [-0.2, 0) is 4.79 Å². The van der Waals surface area contributed by atoms with E-state index in [2.05, 4.69) is 23.9 Å². The Morgan fingerprint density at radius 1 is 1.26 bits per heavy atom. The Hall–Kier alpha value is -0.610. The molecule has 0 aromatic carbocycles. The van der Waals surface area contributed by atoms with E-state index >= 15 is 0 Å². The molecule has 1 heterocycles. The van der Waals surface area contributed by atoms with Crippen LogP contribution in [0.3, 0.4) is 0 Å². The molecule has 2 rings (SSSR count). The number of hydrogen-bond acceptors (Lipinski definition) is 3. The molecule has 3 atom stereocenters. The van der Waals surface area contributed by atoms with Gasteiger partial charge < -0.3 is 15.5 Å². The standard InChI is InChI=1S/C15H29N3O/c1-17(2)11-14-7-4-8-18(14)15(19)13-6-3-5-12(9-13)10-16/h12-14H,3-11,16H2,1-2H3. The number of carbonyl (C=O) groups is 1. The maximum absolute atomic E-state index is 12.7. The van der Waals surface area contributed by atoms with Crippen molar-refractivity contribution in [2.45, 2.75) is 44.6 Å². The number of likely N-dealkylation sites (tertiary alicyclic amines) is 1. The van der Waals surface area contributed by atoms with E-state index in [1.54, 1.807) is 0 Å². The molecule has 3 unspecified atom stereocenters. The number of hydrogen-bond donors (Lipinski definition) is 1. The summed E-state index contributed by atoms with van der Waals surface area (Å²) in [7, 11) is 4.18. The number of rotatable bonds is 4. The summed E-state index contributed by atoms with van der Waals surface area (Å²) >= 11 is 0. The van der Waals surface area contributed by atoms with Crippen LogP contribution in [0.1, 0.15) is 38.5 Å². The fourth-order valence-electron chi connectivity index (χ4n) is 3.70. The summed E-state index contributed by atoms with van der Waals surface area (Å²) in [5, 5.41) is 0. The summed E-state index contributed by atoms with van der Waals surface area (Å²) in [6, 6.07) is 0.431. The second kappa shape index (κ2) is 6.71. The van der Waals surface area contributed by atoms with Crippen molar-refractivity contribution in [2.75, 3.05) is 33.7 Å². The molecular weight excluding hydrogens is 238 g/mol. The van der Waals surface area contributed by atoms with Gasteiger partial charge in [0.25, 0.3) is 0 Å². The van der Waals surface area contributed by atoms with Gasteiger partial charge in [-0.2, -0.15) is 0 Å². The van der Waals surface area contributed by atoms with Crippen LogP contribution >= 0.6 is 0 Å². The normalized spacial score (nSPS) is 32.0. The number of amides is 1. The minimum absolute atomic E-state index is 0.241. The molecule has 0 aromatic rings. The molecule has 2 fully saturated rings. The minimum Gasteiger partial charge on any atom is -0.338 e. The summed E-state index contributed by atoms with van der Waals surface area (Å²) in [5.74, 6) is 1.21. The molecule has 110 valence electrons. The Labute approximate surface area is 117 Å². The van der Waals surface area contributed by atoms with Gasteiger partial charge in [0.05, 0.1) is 0 Å². The number of carbonyl (C=O) groups excluding carboxylic acids is 1. The summed E-state index contributed by atoms with van der Waals surface area (Å²) in [4.78, 5) is 17.1. The van der Waals surface area contributed by atoms with E-state index < -0.39 is 0 Å². The Morgan fingerprint density at radius 3 is 2.74 bits per heavy atom. The van der Waals surface area contributed by atoms with Crippen LogP contribution in [0.15, 0.2) is 0 Å². The van der Waals surface area contributed by atoms with Crippen molar-refractivity contribution in [2.24, 2.45) is 17.6 Å². The summed E-state index contributed by atoms with van der Waals surface area (Å²) in [6.07, 6.45) is 6.79. The van der Waals surface area contributed by atoms with Crippen LogP contribution in [0.2, 0.25) is 0 Å². The number of likely N-dealkylation sites (N-methyl/N-ethyl adjacent to an activating group) is 1. The van der Waals surface area contributed by atoms with Crippen molar-refractivity contribution in [1.82, 2.24) is 9.80 Å². The first-order chi connectivity index (χ1) is 9.11. The Bertz CT molecular complexity index is 306. The van der Waals surface area contributed by atoms with Gasteiger partial charge in [0.15, 0.2) is 0 Å². The molecule has 1 aliphatic carbocycles. The molecule has 2 aliphatic rings. The van der Waals surface area contributed by atoms with Gasteiger partial charge in [-0.3, -0.25) is 4.79 Å². The van der Waals surface area contributed by atoms with Crippen LogP contribution < -0.4 is 5.73 Å². The fourth-order valence-corrected chi connectivity index (χ4v) is 3.70. The zero-order valence-corrected chi connectivity index (χ0v) is 12.5. The van der Waals surface area contributed by atoms with Gasteiger partial charge >= 0.3 is 0 Å². The zero-order valence-electron chi connectivity index (χ0n) is 12.5. The summed E-state index contributed by atoms with van der Waals surface area (Å²) in [5.41, 5.74) is 5.78. The third-order valence-electron chi connectivity index (χ3n) is 4.70. The predicted octanol–water partition coefficient (Wildman–Crippen LogP) is 1.30. The maximum atomic E-state index is 12.7. The first-order valence-corrected chi connectivity index (χ1v) is 7.77. The van der Waals surface area contributed by atoms with Crippen molar-refractivity contribution in [3.05, 3.63) is 0 Å². The highest BCUT2D eigenvalue weighted by Crippen LogP contribution is 2.31. The van der Waals surface area contributed by atoms with Gasteiger partial charge in [0.2, 0.25) is 5.91 Å². The van der Waals surface area contributed by atoms with Crippen molar-refractivity contribution in [1.29, 1.82) is 0 Å². The molecule has 2 N–H and O–H groups in total. The highest BCUT2D eigenvalue weighted by Gasteiger charge is 2.35. The van der Waals surface area contributed by atoms with Crippen molar-refractivity contribution in [3.63, 3.8) is 0 Å². The van der Waals surface area contributed by atoms with Crippen molar-refractivity contribution < 1.29 is 4.79 Å². The molecule has 0 aromatic heterocycles. The third-order valence-corrected chi connectivity index (χ3v) is 4.70. The van der Waals surface area contributed by atoms with Crippen LogP contribution in [0.4, 0.5) is 0 Å². The van der Waals surface area contributed by atoms with Gasteiger partial charge in [0.1, 0.15) is 0 Å². The van der Waals surface area contributed by atoms with E-state index in [0.717, 1.165) is 45.3 Å². The average Bonchev–Trinajstić information content (AvgIpc) is 2.85. The monoisotopic (exact) mass is 267 g/mol. The van der Waals surface area contributed by atoms with Gasteiger partial charge in [-0.05, 0) is 58.7 Å². The largest absolute Gasteiger partial charge is 0.338 e. The quantitative estimate of drug-likeness (QED) is 0.835.